The zero-order valence-corrected chi connectivity index (χ0v) is 15.3. The Balaban J connectivity index is 1.41. The van der Waals surface area contributed by atoms with Gasteiger partial charge >= 0.3 is 0 Å². The van der Waals surface area contributed by atoms with Crippen LogP contribution in [-0.4, -0.2) is 53.5 Å². The fourth-order valence-electron chi connectivity index (χ4n) is 2.69. The predicted molar refractivity (Wildman–Crippen MR) is 98.8 cm³/mol. The molecular formula is C18H19ClN2O3S. The third-order valence-corrected chi connectivity index (χ3v) is 5.26. The van der Waals surface area contributed by atoms with Crippen LogP contribution in [0.3, 0.4) is 0 Å². The van der Waals surface area contributed by atoms with Crippen molar-refractivity contribution in [2.75, 3.05) is 31.9 Å². The van der Waals surface area contributed by atoms with E-state index in [4.69, 9.17) is 16.0 Å². The van der Waals surface area contributed by atoms with Crippen molar-refractivity contribution >= 4 is 35.2 Å². The Morgan fingerprint density at radius 1 is 1.08 bits per heavy atom. The Kier molecular flexibility index (Phi) is 6.04. The molecule has 1 aromatic heterocycles. The molecule has 132 valence electrons. The van der Waals surface area contributed by atoms with Gasteiger partial charge in [-0.3, -0.25) is 9.59 Å². The van der Waals surface area contributed by atoms with Crippen LogP contribution in [0.5, 0.6) is 0 Å². The van der Waals surface area contributed by atoms with Gasteiger partial charge in [-0.15, -0.1) is 11.8 Å². The van der Waals surface area contributed by atoms with Crippen LogP contribution in [0.4, 0.5) is 0 Å². The first-order valence-electron chi connectivity index (χ1n) is 8.06. The van der Waals surface area contributed by atoms with Gasteiger partial charge < -0.3 is 14.2 Å². The zero-order chi connectivity index (χ0) is 17.6. The maximum Gasteiger partial charge on any atom is 0.289 e. The summed E-state index contributed by atoms with van der Waals surface area (Å²) in [5.74, 6) is 1.52. The summed E-state index contributed by atoms with van der Waals surface area (Å²) in [4.78, 5) is 28.1. The van der Waals surface area contributed by atoms with Gasteiger partial charge in [0, 0.05) is 37.0 Å². The van der Waals surface area contributed by atoms with E-state index in [1.165, 1.54) is 6.26 Å². The second kappa shape index (κ2) is 8.45. The number of amides is 2. The molecule has 3 rings (SSSR count). The average molecular weight is 379 g/mol. The van der Waals surface area contributed by atoms with Crippen molar-refractivity contribution in [2.24, 2.45) is 0 Å². The van der Waals surface area contributed by atoms with Gasteiger partial charge in [0.2, 0.25) is 5.91 Å². The van der Waals surface area contributed by atoms with Gasteiger partial charge in [0.25, 0.3) is 5.91 Å². The smallest absolute Gasteiger partial charge is 0.289 e. The van der Waals surface area contributed by atoms with E-state index in [0.717, 1.165) is 11.3 Å². The summed E-state index contributed by atoms with van der Waals surface area (Å²) in [5, 5.41) is 0.710. The Morgan fingerprint density at radius 3 is 2.52 bits per heavy atom. The largest absolute Gasteiger partial charge is 0.459 e. The second-order valence-corrected chi connectivity index (χ2v) is 7.20. The van der Waals surface area contributed by atoms with Gasteiger partial charge in [0.05, 0.1) is 12.0 Å². The highest BCUT2D eigenvalue weighted by Crippen LogP contribution is 2.17. The molecule has 0 atom stereocenters. The molecular weight excluding hydrogens is 360 g/mol. The number of nitrogens with zero attached hydrogens (tertiary/aromatic N) is 2. The lowest BCUT2D eigenvalue weighted by Gasteiger charge is -2.34. The lowest BCUT2D eigenvalue weighted by atomic mass is 10.2. The minimum absolute atomic E-state index is 0.108. The first kappa shape index (κ1) is 17.9. The van der Waals surface area contributed by atoms with Crippen molar-refractivity contribution in [2.45, 2.75) is 5.75 Å². The molecule has 2 heterocycles. The third-order valence-electron chi connectivity index (χ3n) is 4.03. The fourth-order valence-corrected chi connectivity index (χ4v) is 3.78. The second-order valence-electron chi connectivity index (χ2n) is 5.77. The maximum absolute atomic E-state index is 12.3. The van der Waals surface area contributed by atoms with Gasteiger partial charge in [-0.1, -0.05) is 23.7 Å². The summed E-state index contributed by atoms with van der Waals surface area (Å²) in [6, 6.07) is 11.0. The molecule has 0 aliphatic carbocycles. The number of hydrogen-bond acceptors (Lipinski definition) is 4. The minimum atomic E-state index is -0.118. The number of carbonyl (C=O) groups excluding carboxylic acids is 2. The Bertz CT molecular complexity index is 728. The summed E-state index contributed by atoms with van der Waals surface area (Å²) in [5.41, 5.74) is 1.11. The molecule has 0 saturated carbocycles. The number of rotatable bonds is 5. The van der Waals surface area contributed by atoms with Crippen molar-refractivity contribution in [3.63, 3.8) is 0 Å². The fraction of sp³-hybridized carbons (Fsp3) is 0.333. The van der Waals surface area contributed by atoms with Crippen LogP contribution in [0.25, 0.3) is 0 Å². The molecule has 0 N–H and O–H groups in total. The van der Waals surface area contributed by atoms with E-state index in [1.54, 1.807) is 28.8 Å². The van der Waals surface area contributed by atoms with Gasteiger partial charge in [-0.25, -0.2) is 0 Å². The van der Waals surface area contributed by atoms with Crippen molar-refractivity contribution < 1.29 is 14.0 Å². The van der Waals surface area contributed by atoms with Crippen LogP contribution >= 0.6 is 23.4 Å². The first-order valence-corrected chi connectivity index (χ1v) is 9.59. The van der Waals surface area contributed by atoms with Crippen molar-refractivity contribution in [3.05, 3.63) is 59.0 Å². The van der Waals surface area contributed by atoms with E-state index in [2.05, 4.69) is 0 Å². The molecule has 1 aromatic carbocycles. The SMILES string of the molecule is O=C(CSCc1cccc(Cl)c1)N1CCN(C(=O)c2ccco2)CC1. The summed E-state index contributed by atoms with van der Waals surface area (Å²) in [7, 11) is 0. The Labute approximate surface area is 155 Å². The van der Waals surface area contributed by atoms with Gasteiger partial charge in [0.15, 0.2) is 5.76 Å². The van der Waals surface area contributed by atoms with E-state index >= 15 is 0 Å². The molecule has 0 radical (unpaired) electrons. The molecule has 1 fully saturated rings. The van der Waals surface area contributed by atoms with Crippen LogP contribution < -0.4 is 0 Å². The lowest BCUT2D eigenvalue weighted by Crippen LogP contribution is -2.51. The maximum atomic E-state index is 12.3. The highest BCUT2D eigenvalue weighted by atomic mass is 35.5. The Hall–Kier alpha value is -1.92. The Morgan fingerprint density at radius 2 is 1.84 bits per heavy atom. The number of carbonyl (C=O) groups is 2. The standard InChI is InChI=1S/C18H19ClN2O3S/c19-15-4-1-3-14(11-15)12-25-13-17(22)20-6-8-21(9-7-20)18(23)16-5-2-10-24-16/h1-5,10-11H,6-9,12-13H2. The van der Waals surface area contributed by atoms with Crippen molar-refractivity contribution in [3.8, 4) is 0 Å². The van der Waals surface area contributed by atoms with E-state index < -0.39 is 0 Å². The molecule has 1 aliphatic rings. The normalized spacial score (nSPS) is 14.6. The van der Waals surface area contributed by atoms with E-state index in [0.29, 0.717) is 42.7 Å². The third kappa shape index (κ3) is 4.80. The summed E-state index contributed by atoms with van der Waals surface area (Å²) in [6.07, 6.45) is 1.49. The number of benzene rings is 1. The summed E-state index contributed by atoms with van der Waals surface area (Å²) < 4.78 is 5.14. The number of hydrogen-bond donors (Lipinski definition) is 0. The minimum Gasteiger partial charge on any atom is -0.459 e. The van der Waals surface area contributed by atoms with Gasteiger partial charge in [-0.05, 0) is 29.8 Å². The topological polar surface area (TPSA) is 53.8 Å². The molecule has 1 aliphatic heterocycles. The molecule has 5 nitrogen and oxygen atoms in total. The van der Waals surface area contributed by atoms with E-state index in [9.17, 15) is 9.59 Å². The van der Waals surface area contributed by atoms with Crippen LogP contribution in [0, 0.1) is 0 Å². The monoisotopic (exact) mass is 378 g/mol. The van der Waals surface area contributed by atoms with Crippen LogP contribution in [0.15, 0.2) is 47.1 Å². The van der Waals surface area contributed by atoms with Gasteiger partial charge in [-0.2, -0.15) is 0 Å². The highest BCUT2D eigenvalue weighted by molar-refractivity contribution is 7.99. The van der Waals surface area contributed by atoms with Crippen LogP contribution in [-0.2, 0) is 10.5 Å². The summed E-state index contributed by atoms with van der Waals surface area (Å²) in [6.45, 7) is 2.18. The number of halogens is 1. The predicted octanol–water partition coefficient (Wildman–Crippen LogP) is 3.15. The zero-order valence-electron chi connectivity index (χ0n) is 13.7. The molecule has 7 heteroatoms. The average Bonchev–Trinajstić information content (AvgIpc) is 3.16. The molecule has 1 saturated heterocycles. The molecule has 0 bridgehead atoms. The molecule has 0 spiro atoms. The van der Waals surface area contributed by atoms with Crippen molar-refractivity contribution in [1.82, 2.24) is 9.80 Å². The molecule has 0 unspecified atom stereocenters. The molecule has 2 amide bonds. The van der Waals surface area contributed by atoms with Gasteiger partial charge in [0.1, 0.15) is 0 Å². The van der Waals surface area contributed by atoms with E-state index in [-0.39, 0.29) is 11.8 Å². The van der Waals surface area contributed by atoms with Crippen molar-refractivity contribution in [1.29, 1.82) is 0 Å². The molecule has 25 heavy (non-hydrogen) atoms. The van der Waals surface area contributed by atoms with Crippen LogP contribution in [0.2, 0.25) is 5.02 Å². The van der Waals surface area contributed by atoms with E-state index in [1.807, 2.05) is 29.2 Å². The number of piperazine rings is 1. The summed E-state index contributed by atoms with van der Waals surface area (Å²) >= 11 is 7.54. The van der Waals surface area contributed by atoms with Crippen LogP contribution in [0.1, 0.15) is 16.1 Å². The highest BCUT2D eigenvalue weighted by Gasteiger charge is 2.25. The quantitative estimate of drug-likeness (QED) is 0.802. The first-order chi connectivity index (χ1) is 12.1. The molecule has 2 aromatic rings. The number of thioether (sulfide) groups is 1. The lowest BCUT2D eigenvalue weighted by molar-refractivity contribution is -0.129. The number of furan rings is 1.